The zero-order chi connectivity index (χ0) is 5.15. The Kier molecular flexibility index (Phi) is 3.13. The van der Waals surface area contributed by atoms with Gasteiger partial charge in [-0.05, 0) is 0 Å². The minimum atomic E-state index is -2.94. The first kappa shape index (κ1) is 6.70. The average Bonchev–Trinajstić information content (AvgIpc) is 1.36. The van der Waals surface area contributed by atoms with E-state index in [1.54, 1.807) is 0 Å². The minimum absolute atomic E-state index is 1.21. The van der Waals surface area contributed by atoms with E-state index in [1.165, 1.54) is 0 Å². The molecule has 0 radical (unpaired) electrons. The summed E-state index contributed by atoms with van der Waals surface area (Å²) in [6, 6.07) is 0. The molecule has 0 aliphatic heterocycles. The molecule has 0 saturated carbocycles. The molecule has 0 saturated heterocycles. The molecule has 0 amide bonds. The fourth-order valence-electron chi connectivity index (χ4n) is 0. The molecule has 0 aromatic heterocycles. The van der Waals surface area contributed by atoms with Crippen molar-refractivity contribution >= 4 is 23.2 Å². The molecule has 0 fully saturated rings. The van der Waals surface area contributed by atoms with E-state index < -0.39 is 17.5 Å². The van der Waals surface area contributed by atoms with Gasteiger partial charge in [0.1, 0.15) is 0 Å². The van der Waals surface area contributed by atoms with E-state index in [2.05, 4.69) is 0 Å². The SMILES string of the molecule is [O]=[Mn](=[O])[CH](Cl)Cl. The molecule has 0 bridgehead atoms. The number of rotatable bonds is 1. The molecule has 0 aromatic rings. The van der Waals surface area contributed by atoms with Gasteiger partial charge in [0.25, 0.3) is 0 Å². The van der Waals surface area contributed by atoms with Crippen molar-refractivity contribution in [3.8, 4) is 0 Å². The Morgan fingerprint density at radius 1 is 1.33 bits per heavy atom. The van der Waals surface area contributed by atoms with E-state index in [1.807, 2.05) is 0 Å². The zero-order valence-corrected chi connectivity index (χ0v) is 5.22. The number of hydrogen-bond donors (Lipinski definition) is 0. The summed E-state index contributed by atoms with van der Waals surface area (Å²) in [5, 5.41) is 0. The molecule has 0 aliphatic rings. The van der Waals surface area contributed by atoms with Crippen molar-refractivity contribution < 1.29 is 21.4 Å². The molecule has 5 heteroatoms. The van der Waals surface area contributed by atoms with Crippen LogP contribution >= 0.6 is 23.2 Å². The molecule has 0 atom stereocenters. The van der Waals surface area contributed by atoms with Gasteiger partial charge in [-0.25, -0.2) is 0 Å². The van der Waals surface area contributed by atoms with Crippen LogP contribution < -0.4 is 0 Å². The number of hydrogen-bond acceptors (Lipinski definition) is 2. The third kappa shape index (κ3) is 2.91. The van der Waals surface area contributed by atoms with Crippen LogP contribution in [0, 0.1) is 0 Å². The van der Waals surface area contributed by atoms with Crippen LogP contribution in [0.3, 0.4) is 0 Å². The van der Waals surface area contributed by atoms with Gasteiger partial charge >= 0.3 is 48.4 Å². The topological polar surface area (TPSA) is 34.1 Å². The zero-order valence-electron chi connectivity index (χ0n) is 2.53. The molecule has 6 heavy (non-hydrogen) atoms. The average molecular weight is 171 g/mol. The Hall–Kier alpha value is 0.699. The van der Waals surface area contributed by atoms with Gasteiger partial charge < -0.3 is 0 Å². The molecule has 0 rings (SSSR count). The molecule has 0 aliphatic carbocycles. The molecule has 0 N–H and O–H groups in total. The summed E-state index contributed by atoms with van der Waals surface area (Å²) in [5.41, 5.74) is 0. The van der Waals surface area contributed by atoms with Crippen molar-refractivity contribution in [2.75, 3.05) is 0 Å². The van der Waals surface area contributed by atoms with Gasteiger partial charge in [0.05, 0.1) is 0 Å². The van der Waals surface area contributed by atoms with Crippen molar-refractivity contribution in [1.29, 1.82) is 0 Å². The second kappa shape index (κ2) is 2.80. The molecule has 0 spiro atoms. The molecule has 2 nitrogen and oxygen atoms in total. The third-order valence-corrected chi connectivity index (χ3v) is 1.67. The molecular formula is CHCl2MnO2. The van der Waals surface area contributed by atoms with Crippen LogP contribution in [0.15, 0.2) is 0 Å². The summed E-state index contributed by atoms with van der Waals surface area (Å²) in [6.45, 7) is 0. The summed E-state index contributed by atoms with van der Waals surface area (Å²) < 4.78 is 17.8. The third-order valence-electron chi connectivity index (χ3n) is 0.135. The second-order valence-electron chi connectivity index (χ2n) is 0.489. The standard InChI is InChI=1S/CHCl2.Mn.2O/c2-1-3;;;/h1H;;;. The van der Waals surface area contributed by atoms with Crippen molar-refractivity contribution in [2.24, 2.45) is 0 Å². The van der Waals surface area contributed by atoms with Gasteiger partial charge in [-0.3, -0.25) is 0 Å². The molecule has 0 unspecified atom stereocenters. The Morgan fingerprint density at radius 2 is 1.50 bits per heavy atom. The molecule has 38 valence electrons. The van der Waals surface area contributed by atoms with E-state index in [0.29, 0.717) is 0 Å². The van der Waals surface area contributed by atoms with Crippen molar-refractivity contribution in [1.82, 2.24) is 0 Å². The molecular weight excluding hydrogens is 170 g/mol. The maximum absolute atomic E-state index is 9.51. The van der Waals surface area contributed by atoms with E-state index in [-0.39, 0.29) is 0 Å². The summed E-state index contributed by atoms with van der Waals surface area (Å²) in [5.74, 6) is 0. The van der Waals surface area contributed by atoms with E-state index in [9.17, 15) is 7.67 Å². The van der Waals surface area contributed by atoms with Crippen LogP contribution in [0.1, 0.15) is 0 Å². The first-order valence-corrected chi connectivity index (χ1v) is 3.48. The van der Waals surface area contributed by atoms with Gasteiger partial charge in [-0.2, -0.15) is 0 Å². The Labute approximate surface area is 48.7 Å². The fraction of sp³-hybridized carbons (Fsp3) is 1.00. The van der Waals surface area contributed by atoms with Gasteiger partial charge in [0, 0.05) is 0 Å². The summed E-state index contributed by atoms with van der Waals surface area (Å²) in [4.78, 5) is 0. The Bertz CT molecular complexity index is 87.7. The Balaban J connectivity index is 3.57. The number of halogens is 2. The van der Waals surface area contributed by atoms with E-state index in [0.717, 1.165) is 0 Å². The van der Waals surface area contributed by atoms with Crippen molar-refractivity contribution in [3.63, 3.8) is 0 Å². The predicted octanol–water partition coefficient (Wildman–Crippen LogP) is 1.06. The number of alkyl halides is 2. The summed E-state index contributed by atoms with van der Waals surface area (Å²) in [7, 11) is 0. The first-order valence-electron chi connectivity index (χ1n) is 0.963. The maximum atomic E-state index is 9.51. The quantitative estimate of drug-likeness (QED) is 0.436. The van der Waals surface area contributed by atoms with Crippen LogP contribution in [0.5, 0.6) is 0 Å². The normalized spacial score (nSPS) is 10.7. The van der Waals surface area contributed by atoms with E-state index in [4.69, 9.17) is 23.2 Å². The fourth-order valence-corrected chi connectivity index (χ4v) is 0. The van der Waals surface area contributed by atoms with Crippen LogP contribution in [0.2, 0.25) is 0 Å². The van der Waals surface area contributed by atoms with Crippen LogP contribution in [-0.2, 0) is 21.4 Å². The van der Waals surface area contributed by atoms with Crippen LogP contribution in [0.25, 0.3) is 0 Å². The molecule has 0 heterocycles. The van der Waals surface area contributed by atoms with E-state index >= 15 is 0 Å². The predicted molar refractivity (Wildman–Crippen MR) is 16.9 cm³/mol. The van der Waals surface area contributed by atoms with Crippen molar-refractivity contribution in [3.05, 3.63) is 0 Å². The monoisotopic (exact) mass is 170 g/mol. The van der Waals surface area contributed by atoms with Crippen LogP contribution in [0.4, 0.5) is 0 Å². The first-order chi connectivity index (χ1) is 2.64. The molecule has 0 aromatic carbocycles. The van der Waals surface area contributed by atoms with Gasteiger partial charge in [-0.1, -0.05) is 0 Å². The Morgan fingerprint density at radius 3 is 1.50 bits per heavy atom. The van der Waals surface area contributed by atoms with Gasteiger partial charge in [-0.15, -0.1) is 0 Å². The van der Waals surface area contributed by atoms with Crippen molar-refractivity contribution in [2.45, 2.75) is 3.73 Å². The summed E-state index contributed by atoms with van der Waals surface area (Å²) >= 11 is 6.66. The second-order valence-corrected chi connectivity index (χ2v) is 3.78. The van der Waals surface area contributed by atoms with Gasteiger partial charge in [0.2, 0.25) is 0 Å². The van der Waals surface area contributed by atoms with Crippen LogP contribution in [-0.4, -0.2) is 3.73 Å². The summed E-state index contributed by atoms with van der Waals surface area (Å²) in [6.07, 6.45) is 0. The van der Waals surface area contributed by atoms with Gasteiger partial charge in [0.15, 0.2) is 0 Å².